The maximum absolute atomic E-state index is 12.1. The molecule has 8 heteroatoms. The lowest BCUT2D eigenvalue weighted by Gasteiger charge is -2.34. The summed E-state index contributed by atoms with van der Waals surface area (Å²) >= 11 is 0. The van der Waals surface area contributed by atoms with E-state index in [0.717, 1.165) is 78.2 Å². The van der Waals surface area contributed by atoms with E-state index in [1.807, 2.05) is 0 Å². The lowest BCUT2D eigenvalue weighted by atomic mass is 9.99. The Bertz CT molecular complexity index is 536. The number of halogens is 3. The monoisotopic (exact) mass is 466 g/mol. The highest BCUT2D eigenvalue weighted by atomic mass is 35.5. The number of carbonyl (C=O) groups excluding carboxylic acids is 1. The van der Waals surface area contributed by atoms with E-state index < -0.39 is 0 Å². The number of carbonyl (C=O) groups is 1. The van der Waals surface area contributed by atoms with Crippen LogP contribution in [0.25, 0.3) is 0 Å². The van der Waals surface area contributed by atoms with E-state index in [2.05, 4.69) is 50.8 Å². The van der Waals surface area contributed by atoms with Crippen LogP contribution in [0.2, 0.25) is 0 Å². The number of hydrogen-bond donors (Lipinski definition) is 2. The summed E-state index contributed by atoms with van der Waals surface area (Å²) in [6.45, 7) is 9.57. The molecule has 2 saturated heterocycles. The number of piperazine rings is 1. The van der Waals surface area contributed by atoms with Gasteiger partial charge in [0.15, 0.2) is 0 Å². The smallest absolute Gasteiger partial charge is 0.224 e. The second-order valence-electron chi connectivity index (χ2n) is 7.64. The molecule has 2 heterocycles. The molecule has 168 valence electrons. The van der Waals surface area contributed by atoms with E-state index in [1.54, 1.807) is 0 Å². The Morgan fingerprint density at radius 1 is 1.00 bits per heavy atom. The maximum Gasteiger partial charge on any atom is 0.224 e. The lowest BCUT2D eigenvalue weighted by molar-refractivity contribution is -0.125. The number of nitrogens with one attached hydrogen (secondary N) is 2. The third-order valence-corrected chi connectivity index (χ3v) is 5.58. The summed E-state index contributed by atoms with van der Waals surface area (Å²) in [5.74, 6) is 0.424. The second-order valence-corrected chi connectivity index (χ2v) is 7.64. The Balaban J connectivity index is 0.00000261. The van der Waals surface area contributed by atoms with Crippen molar-refractivity contribution in [2.75, 3.05) is 52.4 Å². The number of amides is 1. The van der Waals surface area contributed by atoms with Gasteiger partial charge in [0.25, 0.3) is 0 Å². The van der Waals surface area contributed by atoms with Gasteiger partial charge in [-0.3, -0.25) is 9.69 Å². The molecular formula is C21H37Cl3N4O. The van der Waals surface area contributed by atoms with Crippen molar-refractivity contribution < 1.29 is 4.79 Å². The van der Waals surface area contributed by atoms with Crippen LogP contribution in [0.4, 0.5) is 0 Å². The second kappa shape index (κ2) is 16.2. The molecule has 2 N–H and O–H groups in total. The van der Waals surface area contributed by atoms with Gasteiger partial charge in [0.2, 0.25) is 5.91 Å². The number of nitrogens with zero attached hydrogens (tertiary/aromatic N) is 2. The predicted molar refractivity (Wildman–Crippen MR) is 128 cm³/mol. The largest absolute Gasteiger partial charge is 0.356 e. The molecule has 1 atom stereocenters. The van der Waals surface area contributed by atoms with Gasteiger partial charge in [0, 0.05) is 45.8 Å². The molecule has 0 aliphatic carbocycles. The zero-order valence-electron chi connectivity index (χ0n) is 17.2. The Hall–Kier alpha value is -0.560. The van der Waals surface area contributed by atoms with Crippen molar-refractivity contribution in [1.29, 1.82) is 0 Å². The molecular weight excluding hydrogens is 431 g/mol. The van der Waals surface area contributed by atoms with E-state index in [4.69, 9.17) is 0 Å². The van der Waals surface area contributed by atoms with Crippen molar-refractivity contribution >= 4 is 43.1 Å². The fraction of sp³-hybridized carbons (Fsp3) is 0.667. The van der Waals surface area contributed by atoms with Gasteiger partial charge in [-0.25, -0.2) is 0 Å². The summed E-state index contributed by atoms with van der Waals surface area (Å²) in [7, 11) is 0. The van der Waals surface area contributed by atoms with Crippen molar-refractivity contribution in [2.45, 2.75) is 32.2 Å². The Morgan fingerprint density at radius 3 is 2.34 bits per heavy atom. The molecule has 1 amide bonds. The van der Waals surface area contributed by atoms with Crippen molar-refractivity contribution in [3.05, 3.63) is 35.9 Å². The number of hydrogen-bond acceptors (Lipinski definition) is 4. The van der Waals surface area contributed by atoms with Gasteiger partial charge in [-0.2, -0.15) is 0 Å². The number of rotatable bonds is 8. The minimum atomic E-state index is 0. The molecule has 0 spiro atoms. The van der Waals surface area contributed by atoms with Gasteiger partial charge < -0.3 is 15.5 Å². The SMILES string of the molecule is Cl.Cl.Cl.O=C(NCCCCN1CCN(Cc2ccccc2)CC1)C1CCCNC1. The van der Waals surface area contributed by atoms with E-state index >= 15 is 0 Å². The molecule has 1 aromatic carbocycles. The molecule has 3 rings (SSSR count). The predicted octanol–water partition coefficient (Wildman–Crippen LogP) is 2.97. The molecule has 2 aliphatic heterocycles. The number of unbranched alkanes of at least 4 members (excludes halogenated alkanes) is 1. The van der Waals surface area contributed by atoms with E-state index in [1.165, 1.54) is 12.0 Å². The molecule has 2 fully saturated rings. The van der Waals surface area contributed by atoms with Crippen LogP contribution < -0.4 is 10.6 Å². The van der Waals surface area contributed by atoms with Crippen LogP contribution in [0.5, 0.6) is 0 Å². The van der Waals surface area contributed by atoms with Gasteiger partial charge in [-0.15, -0.1) is 37.2 Å². The van der Waals surface area contributed by atoms with Crippen LogP contribution in [-0.4, -0.2) is 68.1 Å². The van der Waals surface area contributed by atoms with Crippen LogP contribution in [-0.2, 0) is 11.3 Å². The fourth-order valence-corrected chi connectivity index (χ4v) is 3.90. The van der Waals surface area contributed by atoms with Gasteiger partial charge in [-0.05, 0) is 44.3 Å². The minimum absolute atomic E-state index is 0. The first-order valence-electron chi connectivity index (χ1n) is 10.3. The van der Waals surface area contributed by atoms with Crippen LogP contribution >= 0.6 is 37.2 Å². The third-order valence-electron chi connectivity index (χ3n) is 5.58. The molecule has 1 unspecified atom stereocenters. The van der Waals surface area contributed by atoms with Crippen molar-refractivity contribution in [3.63, 3.8) is 0 Å². The average Bonchev–Trinajstić information content (AvgIpc) is 2.70. The summed E-state index contributed by atoms with van der Waals surface area (Å²) in [5.41, 5.74) is 1.41. The quantitative estimate of drug-likeness (QED) is 0.577. The van der Waals surface area contributed by atoms with Gasteiger partial charge >= 0.3 is 0 Å². The van der Waals surface area contributed by atoms with Crippen molar-refractivity contribution in [2.24, 2.45) is 5.92 Å². The topological polar surface area (TPSA) is 47.6 Å². The van der Waals surface area contributed by atoms with Crippen LogP contribution in [0.1, 0.15) is 31.2 Å². The van der Waals surface area contributed by atoms with Crippen LogP contribution in [0.15, 0.2) is 30.3 Å². The highest BCUT2D eigenvalue weighted by Gasteiger charge is 2.20. The van der Waals surface area contributed by atoms with E-state index in [-0.39, 0.29) is 49.0 Å². The van der Waals surface area contributed by atoms with Gasteiger partial charge in [-0.1, -0.05) is 30.3 Å². The molecule has 29 heavy (non-hydrogen) atoms. The molecule has 0 bridgehead atoms. The van der Waals surface area contributed by atoms with Gasteiger partial charge in [0.1, 0.15) is 0 Å². The first kappa shape index (κ1) is 28.4. The van der Waals surface area contributed by atoms with Crippen molar-refractivity contribution in [3.8, 4) is 0 Å². The Kier molecular flexibility index (Phi) is 15.9. The highest BCUT2D eigenvalue weighted by Crippen LogP contribution is 2.10. The van der Waals surface area contributed by atoms with Gasteiger partial charge in [0.05, 0.1) is 5.92 Å². The zero-order valence-corrected chi connectivity index (χ0v) is 19.6. The first-order valence-corrected chi connectivity index (χ1v) is 10.3. The number of benzene rings is 1. The Labute approximate surface area is 194 Å². The average molecular weight is 468 g/mol. The molecule has 0 aromatic heterocycles. The standard InChI is InChI=1S/C21H34N4O.3ClH/c26-21(20-9-6-10-22-17-20)23-11-4-5-12-24-13-15-25(16-14-24)18-19-7-2-1-3-8-19;;;/h1-3,7-8,20,22H,4-6,9-18H2,(H,23,26);3*1H. The molecule has 0 saturated carbocycles. The zero-order chi connectivity index (χ0) is 18.0. The summed E-state index contributed by atoms with van der Waals surface area (Å²) < 4.78 is 0. The maximum atomic E-state index is 12.1. The van der Waals surface area contributed by atoms with Crippen molar-refractivity contribution in [1.82, 2.24) is 20.4 Å². The molecule has 2 aliphatic rings. The molecule has 1 aromatic rings. The normalized spacial score (nSPS) is 19.9. The third kappa shape index (κ3) is 10.3. The minimum Gasteiger partial charge on any atom is -0.356 e. The summed E-state index contributed by atoms with van der Waals surface area (Å²) in [6.07, 6.45) is 4.40. The highest BCUT2D eigenvalue weighted by molar-refractivity contribution is 5.86. The number of piperidine rings is 1. The van der Waals surface area contributed by atoms with Crippen LogP contribution in [0, 0.1) is 5.92 Å². The van der Waals surface area contributed by atoms with E-state index in [9.17, 15) is 4.79 Å². The summed E-state index contributed by atoms with van der Waals surface area (Å²) in [5, 5.41) is 6.43. The molecule has 5 nitrogen and oxygen atoms in total. The van der Waals surface area contributed by atoms with Crippen LogP contribution in [0.3, 0.4) is 0 Å². The molecule has 0 radical (unpaired) electrons. The Morgan fingerprint density at radius 2 is 1.69 bits per heavy atom. The fourth-order valence-electron chi connectivity index (χ4n) is 3.90. The summed E-state index contributed by atoms with van der Waals surface area (Å²) in [6, 6.07) is 10.7. The summed E-state index contributed by atoms with van der Waals surface area (Å²) in [4.78, 5) is 17.2. The van der Waals surface area contributed by atoms with E-state index in [0.29, 0.717) is 0 Å². The lowest BCUT2D eigenvalue weighted by Crippen LogP contribution is -2.46. The first-order chi connectivity index (χ1) is 12.8.